The predicted octanol–water partition coefficient (Wildman–Crippen LogP) is 4.00. The highest BCUT2D eigenvalue weighted by molar-refractivity contribution is 8.00. The van der Waals surface area contributed by atoms with Gasteiger partial charge in [0.25, 0.3) is 0 Å². The van der Waals surface area contributed by atoms with Gasteiger partial charge in [-0.2, -0.15) is 0 Å². The number of ether oxygens (including phenoxy) is 1. The number of benzene rings is 2. The van der Waals surface area contributed by atoms with Crippen molar-refractivity contribution in [3.8, 4) is 5.75 Å². The van der Waals surface area contributed by atoms with Crippen molar-refractivity contribution >= 4 is 17.7 Å². The Morgan fingerprint density at radius 1 is 1.20 bits per heavy atom. The summed E-state index contributed by atoms with van der Waals surface area (Å²) in [6, 6.07) is 16.7. The lowest BCUT2D eigenvalue weighted by atomic mass is 10.1. The Hall–Kier alpha value is -1.94. The average Bonchev–Trinajstić information content (AvgIpc) is 2.46. The highest BCUT2D eigenvalue weighted by Crippen LogP contribution is 2.36. The van der Waals surface area contributed by atoms with E-state index in [9.17, 15) is 9.90 Å². The molecule has 0 fully saturated rings. The van der Waals surface area contributed by atoms with Gasteiger partial charge in [-0.05, 0) is 30.7 Å². The highest BCUT2D eigenvalue weighted by atomic mass is 32.2. The molecule has 0 radical (unpaired) electrons. The van der Waals surface area contributed by atoms with Crippen LogP contribution in [-0.2, 0) is 4.79 Å². The molecule has 0 bridgehead atoms. The van der Waals surface area contributed by atoms with Crippen LogP contribution in [0.2, 0.25) is 0 Å². The van der Waals surface area contributed by atoms with Crippen molar-refractivity contribution in [1.29, 1.82) is 0 Å². The molecule has 2 aromatic carbocycles. The zero-order chi connectivity index (χ0) is 14.4. The lowest BCUT2D eigenvalue weighted by Crippen LogP contribution is -2.07. The van der Waals surface area contributed by atoms with E-state index < -0.39 is 11.2 Å². The molecule has 0 aromatic heterocycles. The normalized spacial score (nSPS) is 11.8. The Bertz CT molecular complexity index is 569. The van der Waals surface area contributed by atoms with E-state index in [0.717, 1.165) is 16.2 Å². The number of thioether (sulfide) groups is 1. The van der Waals surface area contributed by atoms with Gasteiger partial charge in [-0.3, -0.25) is 4.79 Å². The number of aliphatic carboxylic acids is 1. The van der Waals surface area contributed by atoms with Crippen LogP contribution >= 0.6 is 11.8 Å². The first-order valence-electron chi connectivity index (χ1n) is 6.38. The molecule has 104 valence electrons. The van der Waals surface area contributed by atoms with Gasteiger partial charge in [-0.15, -0.1) is 11.8 Å². The summed E-state index contributed by atoms with van der Waals surface area (Å²) in [6.45, 7) is 2.51. The van der Waals surface area contributed by atoms with Crippen LogP contribution in [0.5, 0.6) is 5.75 Å². The Balaban J connectivity index is 2.21. The fraction of sp³-hybridized carbons (Fsp3) is 0.188. The smallest absolute Gasteiger partial charge is 0.321 e. The Morgan fingerprint density at radius 3 is 2.60 bits per heavy atom. The molecule has 0 heterocycles. The minimum Gasteiger partial charge on any atom is -0.494 e. The van der Waals surface area contributed by atoms with Crippen molar-refractivity contribution in [2.45, 2.75) is 17.1 Å². The van der Waals surface area contributed by atoms with Crippen LogP contribution in [-0.4, -0.2) is 17.7 Å². The molecule has 20 heavy (non-hydrogen) atoms. The topological polar surface area (TPSA) is 46.5 Å². The fourth-order valence-electron chi connectivity index (χ4n) is 1.83. The zero-order valence-corrected chi connectivity index (χ0v) is 12.0. The number of hydrogen-bond acceptors (Lipinski definition) is 3. The summed E-state index contributed by atoms with van der Waals surface area (Å²) >= 11 is 1.31. The van der Waals surface area contributed by atoms with Gasteiger partial charge >= 0.3 is 5.97 Å². The van der Waals surface area contributed by atoms with Gasteiger partial charge in [-0.25, -0.2) is 0 Å². The average molecular weight is 288 g/mol. The van der Waals surface area contributed by atoms with Crippen molar-refractivity contribution in [2.24, 2.45) is 0 Å². The largest absolute Gasteiger partial charge is 0.494 e. The van der Waals surface area contributed by atoms with E-state index in [0.29, 0.717) is 6.61 Å². The Kier molecular flexibility index (Phi) is 5.07. The van der Waals surface area contributed by atoms with Crippen molar-refractivity contribution in [1.82, 2.24) is 0 Å². The first kappa shape index (κ1) is 14.5. The summed E-state index contributed by atoms with van der Waals surface area (Å²) in [4.78, 5) is 12.3. The number of carbonyl (C=O) groups is 1. The van der Waals surface area contributed by atoms with Crippen molar-refractivity contribution < 1.29 is 14.6 Å². The second-order valence-corrected chi connectivity index (χ2v) is 5.33. The van der Waals surface area contributed by atoms with Crippen molar-refractivity contribution in [2.75, 3.05) is 6.61 Å². The van der Waals surface area contributed by atoms with E-state index in [2.05, 4.69) is 0 Å². The standard InChI is InChI=1S/C16H16O3S/c1-2-19-13-9-6-10-14(11-13)20-15(16(17)18)12-7-4-3-5-8-12/h3-11,15H,2H2,1H3,(H,17,18). The molecule has 0 saturated carbocycles. The molecule has 2 aromatic rings. The highest BCUT2D eigenvalue weighted by Gasteiger charge is 2.21. The molecule has 0 saturated heterocycles. The molecule has 0 amide bonds. The van der Waals surface area contributed by atoms with E-state index in [1.807, 2.05) is 61.5 Å². The first-order chi connectivity index (χ1) is 9.70. The maximum atomic E-state index is 11.5. The zero-order valence-electron chi connectivity index (χ0n) is 11.2. The third-order valence-corrected chi connectivity index (χ3v) is 3.93. The monoisotopic (exact) mass is 288 g/mol. The lowest BCUT2D eigenvalue weighted by Gasteiger charge is -2.13. The second kappa shape index (κ2) is 7.01. The molecule has 1 unspecified atom stereocenters. The molecule has 2 rings (SSSR count). The van der Waals surface area contributed by atoms with E-state index in [1.165, 1.54) is 11.8 Å². The van der Waals surface area contributed by atoms with Crippen LogP contribution < -0.4 is 4.74 Å². The molecular formula is C16H16O3S. The lowest BCUT2D eigenvalue weighted by molar-refractivity contribution is -0.136. The number of hydrogen-bond donors (Lipinski definition) is 1. The summed E-state index contributed by atoms with van der Waals surface area (Å²) in [5.41, 5.74) is 0.784. The maximum absolute atomic E-state index is 11.5. The molecule has 1 atom stereocenters. The summed E-state index contributed by atoms with van der Waals surface area (Å²) < 4.78 is 5.43. The summed E-state index contributed by atoms with van der Waals surface area (Å²) in [5, 5.41) is 8.79. The summed E-state index contributed by atoms with van der Waals surface area (Å²) in [7, 11) is 0. The van der Waals surface area contributed by atoms with Gasteiger partial charge in [0.15, 0.2) is 0 Å². The van der Waals surface area contributed by atoms with Gasteiger partial charge in [0.1, 0.15) is 11.0 Å². The van der Waals surface area contributed by atoms with Crippen LogP contribution in [0, 0.1) is 0 Å². The minimum absolute atomic E-state index is 0.592. The third-order valence-electron chi connectivity index (χ3n) is 2.70. The number of carboxylic acid groups (broad SMARTS) is 1. The predicted molar refractivity (Wildman–Crippen MR) is 80.3 cm³/mol. The van der Waals surface area contributed by atoms with E-state index in [-0.39, 0.29) is 0 Å². The van der Waals surface area contributed by atoms with Crippen molar-refractivity contribution in [3.63, 3.8) is 0 Å². The number of carboxylic acids is 1. The molecule has 3 nitrogen and oxygen atoms in total. The van der Waals surface area contributed by atoms with Crippen LogP contribution in [0.25, 0.3) is 0 Å². The fourth-order valence-corrected chi connectivity index (χ4v) is 2.84. The SMILES string of the molecule is CCOc1cccc(SC(C(=O)O)c2ccccc2)c1. The molecule has 0 aliphatic carbocycles. The third kappa shape index (κ3) is 3.78. The first-order valence-corrected chi connectivity index (χ1v) is 7.26. The molecular weight excluding hydrogens is 272 g/mol. The van der Waals surface area contributed by atoms with Gasteiger partial charge in [-0.1, -0.05) is 36.4 Å². The molecule has 0 aliphatic heterocycles. The number of rotatable bonds is 6. The molecule has 0 aliphatic rings. The van der Waals surface area contributed by atoms with Crippen LogP contribution in [0.1, 0.15) is 17.7 Å². The Morgan fingerprint density at radius 2 is 1.95 bits per heavy atom. The second-order valence-electron chi connectivity index (χ2n) is 4.15. The molecule has 4 heteroatoms. The van der Waals surface area contributed by atoms with Gasteiger partial charge in [0.05, 0.1) is 6.61 Å². The minimum atomic E-state index is -0.844. The van der Waals surface area contributed by atoms with E-state index in [1.54, 1.807) is 0 Å². The maximum Gasteiger partial charge on any atom is 0.321 e. The van der Waals surface area contributed by atoms with E-state index in [4.69, 9.17) is 4.74 Å². The van der Waals surface area contributed by atoms with Crippen LogP contribution in [0.15, 0.2) is 59.5 Å². The molecule has 0 spiro atoms. The van der Waals surface area contributed by atoms with Gasteiger partial charge < -0.3 is 9.84 Å². The van der Waals surface area contributed by atoms with Gasteiger partial charge in [0, 0.05) is 4.90 Å². The summed E-state index contributed by atoms with van der Waals surface area (Å²) in [5.74, 6) is -0.0855. The van der Waals surface area contributed by atoms with E-state index >= 15 is 0 Å². The van der Waals surface area contributed by atoms with Gasteiger partial charge in [0.2, 0.25) is 0 Å². The van der Waals surface area contributed by atoms with Crippen LogP contribution in [0.3, 0.4) is 0 Å². The van der Waals surface area contributed by atoms with Crippen LogP contribution in [0.4, 0.5) is 0 Å². The quantitative estimate of drug-likeness (QED) is 0.816. The summed E-state index contributed by atoms with van der Waals surface area (Å²) in [6.07, 6.45) is 0. The Labute approximate surface area is 122 Å². The van der Waals surface area contributed by atoms with Crippen molar-refractivity contribution in [3.05, 3.63) is 60.2 Å². The molecule has 1 N–H and O–H groups in total.